The zero-order valence-electron chi connectivity index (χ0n) is 8.58. The van der Waals surface area contributed by atoms with Gasteiger partial charge < -0.3 is 11.1 Å². The Morgan fingerprint density at radius 1 is 1.43 bits per heavy atom. The number of benzene rings is 1. The summed E-state index contributed by atoms with van der Waals surface area (Å²) in [6, 6.07) is 7.66. The highest BCUT2D eigenvalue weighted by atomic mass is 16.1. The average molecular weight is 192 g/mol. The lowest BCUT2D eigenvalue weighted by Gasteiger charge is -2.12. The Bertz CT molecular complexity index is 306. The van der Waals surface area contributed by atoms with Crippen LogP contribution in [0.5, 0.6) is 0 Å². The Hall–Kier alpha value is -1.35. The Balaban J connectivity index is 2.68. The van der Waals surface area contributed by atoms with E-state index in [9.17, 15) is 4.79 Å². The van der Waals surface area contributed by atoms with E-state index in [-0.39, 0.29) is 11.8 Å². The van der Waals surface area contributed by atoms with Gasteiger partial charge in [-0.15, -0.1) is 0 Å². The van der Waals surface area contributed by atoms with Crippen molar-refractivity contribution < 1.29 is 4.79 Å². The SMILES string of the molecule is CC(=O)c1ccc(NC(C)CN)cc1. The third kappa shape index (κ3) is 2.85. The third-order valence-corrected chi connectivity index (χ3v) is 2.06. The van der Waals surface area contributed by atoms with Crippen molar-refractivity contribution in [3.05, 3.63) is 29.8 Å². The Kier molecular flexibility index (Phi) is 3.65. The first-order valence-corrected chi connectivity index (χ1v) is 4.71. The summed E-state index contributed by atoms with van der Waals surface area (Å²) in [6.45, 7) is 4.16. The average Bonchev–Trinajstić information content (AvgIpc) is 2.18. The standard InChI is InChI=1S/C11H16N2O/c1-8(7-12)13-11-5-3-10(4-6-11)9(2)14/h3-6,8,13H,7,12H2,1-2H3. The zero-order chi connectivity index (χ0) is 10.6. The summed E-state index contributed by atoms with van der Waals surface area (Å²) in [5.74, 6) is 0.0865. The van der Waals surface area contributed by atoms with Crippen LogP contribution in [0.4, 0.5) is 5.69 Å². The second-order valence-corrected chi connectivity index (χ2v) is 3.41. The maximum absolute atomic E-state index is 11.0. The number of ketones is 1. The quantitative estimate of drug-likeness (QED) is 0.713. The maximum atomic E-state index is 11.0. The molecule has 0 saturated heterocycles. The lowest BCUT2D eigenvalue weighted by molar-refractivity contribution is 0.101. The first-order chi connectivity index (χ1) is 6.63. The Morgan fingerprint density at radius 3 is 2.43 bits per heavy atom. The van der Waals surface area contributed by atoms with Crippen molar-refractivity contribution in [1.82, 2.24) is 0 Å². The van der Waals surface area contributed by atoms with Crippen LogP contribution in [-0.4, -0.2) is 18.4 Å². The summed E-state index contributed by atoms with van der Waals surface area (Å²) in [6.07, 6.45) is 0. The molecule has 76 valence electrons. The van der Waals surface area contributed by atoms with Gasteiger partial charge in [0.25, 0.3) is 0 Å². The molecular weight excluding hydrogens is 176 g/mol. The molecule has 3 heteroatoms. The smallest absolute Gasteiger partial charge is 0.159 e. The highest BCUT2D eigenvalue weighted by molar-refractivity contribution is 5.94. The summed E-state index contributed by atoms with van der Waals surface area (Å²) < 4.78 is 0. The molecule has 3 N–H and O–H groups in total. The summed E-state index contributed by atoms with van der Waals surface area (Å²) in [5, 5.41) is 3.22. The number of hydrogen-bond donors (Lipinski definition) is 2. The fourth-order valence-corrected chi connectivity index (χ4v) is 1.14. The molecule has 0 fully saturated rings. The van der Waals surface area contributed by atoms with Crippen LogP contribution in [0.3, 0.4) is 0 Å². The van der Waals surface area contributed by atoms with Gasteiger partial charge in [0, 0.05) is 23.8 Å². The predicted octanol–water partition coefficient (Wildman–Crippen LogP) is 1.65. The number of nitrogens with one attached hydrogen (secondary N) is 1. The number of hydrogen-bond acceptors (Lipinski definition) is 3. The number of anilines is 1. The second kappa shape index (κ2) is 4.77. The highest BCUT2D eigenvalue weighted by Crippen LogP contribution is 2.10. The van der Waals surface area contributed by atoms with Gasteiger partial charge in [-0.05, 0) is 38.1 Å². The molecule has 0 saturated carbocycles. The van der Waals surface area contributed by atoms with Crippen LogP contribution in [0.1, 0.15) is 24.2 Å². The molecular formula is C11H16N2O. The third-order valence-electron chi connectivity index (χ3n) is 2.06. The minimum Gasteiger partial charge on any atom is -0.381 e. The highest BCUT2D eigenvalue weighted by Gasteiger charge is 2.00. The fraction of sp³-hybridized carbons (Fsp3) is 0.364. The van der Waals surface area contributed by atoms with Crippen LogP contribution in [0.15, 0.2) is 24.3 Å². The first-order valence-electron chi connectivity index (χ1n) is 4.71. The van der Waals surface area contributed by atoms with E-state index in [2.05, 4.69) is 5.32 Å². The van der Waals surface area contributed by atoms with E-state index in [4.69, 9.17) is 5.73 Å². The van der Waals surface area contributed by atoms with Crippen molar-refractivity contribution in [2.75, 3.05) is 11.9 Å². The van der Waals surface area contributed by atoms with Gasteiger partial charge in [-0.1, -0.05) is 0 Å². The maximum Gasteiger partial charge on any atom is 0.159 e. The van der Waals surface area contributed by atoms with Gasteiger partial charge in [0.15, 0.2) is 5.78 Å². The second-order valence-electron chi connectivity index (χ2n) is 3.41. The van der Waals surface area contributed by atoms with E-state index < -0.39 is 0 Å². The number of Topliss-reactive ketones (excluding diaryl/α,β-unsaturated/α-hetero) is 1. The molecule has 0 aromatic heterocycles. The van der Waals surface area contributed by atoms with Crippen molar-refractivity contribution in [3.8, 4) is 0 Å². The van der Waals surface area contributed by atoms with Crippen molar-refractivity contribution in [2.45, 2.75) is 19.9 Å². The van der Waals surface area contributed by atoms with Gasteiger partial charge in [0.1, 0.15) is 0 Å². The van der Waals surface area contributed by atoms with Crippen LogP contribution < -0.4 is 11.1 Å². The first kappa shape index (κ1) is 10.7. The molecule has 3 nitrogen and oxygen atoms in total. The van der Waals surface area contributed by atoms with Gasteiger partial charge in [-0.25, -0.2) is 0 Å². The molecule has 1 unspecified atom stereocenters. The van der Waals surface area contributed by atoms with E-state index in [0.29, 0.717) is 6.54 Å². The summed E-state index contributed by atoms with van der Waals surface area (Å²) >= 11 is 0. The molecule has 0 radical (unpaired) electrons. The minimum atomic E-state index is 0.0865. The van der Waals surface area contributed by atoms with Crippen molar-refractivity contribution in [3.63, 3.8) is 0 Å². The minimum absolute atomic E-state index is 0.0865. The van der Waals surface area contributed by atoms with E-state index >= 15 is 0 Å². The van der Waals surface area contributed by atoms with Crippen LogP contribution in [0.25, 0.3) is 0 Å². The molecule has 1 atom stereocenters. The lowest BCUT2D eigenvalue weighted by Crippen LogP contribution is -2.25. The van der Waals surface area contributed by atoms with Gasteiger partial charge >= 0.3 is 0 Å². The Labute approximate surface area is 84.3 Å². The Morgan fingerprint density at radius 2 is 2.00 bits per heavy atom. The molecule has 1 rings (SSSR count). The van der Waals surface area contributed by atoms with Crippen molar-refractivity contribution in [1.29, 1.82) is 0 Å². The van der Waals surface area contributed by atoms with Crippen LogP contribution >= 0.6 is 0 Å². The summed E-state index contributed by atoms with van der Waals surface area (Å²) in [4.78, 5) is 11.0. The summed E-state index contributed by atoms with van der Waals surface area (Å²) in [5.41, 5.74) is 7.21. The van der Waals surface area contributed by atoms with Crippen LogP contribution in [0.2, 0.25) is 0 Å². The van der Waals surface area contributed by atoms with E-state index in [1.807, 2.05) is 31.2 Å². The molecule has 0 spiro atoms. The molecule has 0 aliphatic carbocycles. The van der Waals surface area contributed by atoms with Gasteiger partial charge in [-0.2, -0.15) is 0 Å². The molecule has 0 aliphatic heterocycles. The number of carbonyl (C=O) groups is 1. The number of carbonyl (C=O) groups excluding carboxylic acids is 1. The van der Waals surface area contributed by atoms with Crippen molar-refractivity contribution >= 4 is 11.5 Å². The van der Waals surface area contributed by atoms with E-state index in [1.165, 1.54) is 0 Å². The van der Waals surface area contributed by atoms with Crippen molar-refractivity contribution in [2.24, 2.45) is 5.73 Å². The monoisotopic (exact) mass is 192 g/mol. The largest absolute Gasteiger partial charge is 0.381 e. The number of nitrogens with two attached hydrogens (primary N) is 1. The van der Waals surface area contributed by atoms with Crippen LogP contribution in [-0.2, 0) is 0 Å². The number of rotatable bonds is 4. The van der Waals surface area contributed by atoms with E-state index in [1.54, 1.807) is 6.92 Å². The predicted molar refractivity (Wildman–Crippen MR) is 58.6 cm³/mol. The molecule has 14 heavy (non-hydrogen) atoms. The molecule has 0 bridgehead atoms. The molecule has 0 heterocycles. The molecule has 1 aromatic carbocycles. The van der Waals surface area contributed by atoms with Gasteiger partial charge in [0.2, 0.25) is 0 Å². The topological polar surface area (TPSA) is 55.1 Å². The molecule has 0 aliphatic rings. The fourth-order valence-electron chi connectivity index (χ4n) is 1.14. The zero-order valence-corrected chi connectivity index (χ0v) is 8.58. The van der Waals surface area contributed by atoms with E-state index in [0.717, 1.165) is 11.3 Å². The van der Waals surface area contributed by atoms with Gasteiger partial charge in [-0.3, -0.25) is 4.79 Å². The normalized spacial score (nSPS) is 12.2. The van der Waals surface area contributed by atoms with Crippen LogP contribution in [0, 0.1) is 0 Å². The van der Waals surface area contributed by atoms with Gasteiger partial charge in [0.05, 0.1) is 0 Å². The molecule has 0 amide bonds. The lowest BCUT2D eigenvalue weighted by atomic mass is 10.1. The molecule has 1 aromatic rings. The summed E-state index contributed by atoms with van der Waals surface area (Å²) in [7, 11) is 0.